The fourth-order valence-electron chi connectivity index (χ4n) is 1.35. The first-order valence-electron chi connectivity index (χ1n) is 5.44. The first-order chi connectivity index (χ1) is 9.39. The van der Waals surface area contributed by atoms with E-state index in [2.05, 4.69) is 4.74 Å². The Morgan fingerprint density at radius 1 is 1.10 bits per heavy atom. The van der Waals surface area contributed by atoms with Crippen LogP contribution in [0.25, 0.3) is 0 Å². The number of rotatable bonds is 4. The lowest BCUT2D eigenvalue weighted by atomic mass is 10.1. The summed E-state index contributed by atoms with van der Waals surface area (Å²) in [6.45, 7) is 0.780. The third kappa shape index (κ3) is 3.45. The number of esters is 1. The molecule has 0 amide bonds. The topological polar surface area (TPSA) is 26.3 Å². The van der Waals surface area contributed by atoms with Crippen molar-refractivity contribution in [2.24, 2.45) is 0 Å². The Hall–Kier alpha value is -1.80. The Labute approximate surface area is 114 Å². The van der Waals surface area contributed by atoms with Gasteiger partial charge in [-0.2, -0.15) is 30.7 Å². The molecule has 9 heteroatoms. The molecule has 2 nitrogen and oxygen atoms in total. The van der Waals surface area contributed by atoms with E-state index < -0.39 is 30.6 Å². The SMILES string of the molecule is Cc1cccc(COC(=O)C(F)(F)C(F)(F)C(F)(F)F)c1. The molecule has 0 saturated carbocycles. The normalized spacial score (nSPS) is 13.1. The predicted octanol–water partition coefficient (Wildman–Crippen LogP) is 3.87. The second-order valence-electron chi connectivity index (χ2n) is 4.21. The summed E-state index contributed by atoms with van der Waals surface area (Å²) in [5.74, 6) is -15.5. The van der Waals surface area contributed by atoms with Gasteiger partial charge in [0.05, 0.1) is 0 Å². The highest BCUT2D eigenvalue weighted by atomic mass is 19.4. The minimum absolute atomic E-state index is 0.175. The van der Waals surface area contributed by atoms with Crippen molar-refractivity contribution in [2.45, 2.75) is 31.6 Å². The van der Waals surface area contributed by atoms with Gasteiger partial charge in [-0.05, 0) is 12.5 Å². The Morgan fingerprint density at radius 2 is 1.67 bits per heavy atom. The zero-order valence-electron chi connectivity index (χ0n) is 10.5. The quantitative estimate of drug-likeness (QED) is 0.622. The molecule has 0 unspecified atom stereocenters. The summed E-state index contributed by atoms with van der Waals surface area (Å²) in [7, 11) is 0. The average Bonchev–Trinajstić information content (AvgIpc) is 2.34. The number of hydrogen-bond donors (Lipinski definition) is 0. The monoisotopic (exact) mass is 318 g/mol. The van der Waals surface area contributed by atoms with E-state index in [1.807, 2.05) is 0 Å². The van der Waals surface area contributed by atoms with Crippen molar-refractivity contribution in [3.8, 4) is 0 Å². The van der Waals surface area contributed by atoms with E-state index in [1.54, 1.807) is 13.0 Å². The molecule has 0 aliphatic heterocycles. The number of benzene rings is 1. The molecular formula is C12H9F7O2. The van der Waals surface area contributed by atoms with Crippen LogP contribution >= 0.6 is 0 Å². The lowest BCUT2D eigenvalue weighted by molar-refractivity contribution is -0.348. The molecule has 0 N–H and O–H groups in total. The van der Waals surface area contributed by atoms with Crippen molar-refractivity contribution in [1.29, 1.82) is 0 Å². The molecule has 1 aromatic rings. The Kier molecular flexibility index (Phi) is 4.54. The van der Waals surface area contributed by atoms with Crippen LogP contribution < -0.4 is 0 Å². The Morgan fingerprint density at radius 3 is 2.14 bits per heavy atom. The van der Waals surface area contributed by atoms with Crippen LogP contribution in [0.2, 0.25) is 0 Å². The van der Waals surface area contributed by atoms with Crippen LogP contribution in [0.1, 0.15) is 11.1 Å². The maximum Gasteiger partial charge on any atom is 0.460 e. The average molecular weight is 318 g/mol. The van der Waals surface area contributed by atoms with Crippen LogP contribution in [0.15, 0.2) is 24.3 Å². The van der Waals surface area contributed by atoms with Crippen LogP contribution in [0, 0.1) is 6.92 Å². The molecule has 1 aromatic carbocycles. The van der Waals surface area contributed by atoms with Crippen molar-refractivity contribution in [3.05, 3.63) is 35.4 Å². The summed E-state index contributed by atoms with van der Waals surface area (Å²) in [5, 5.41) is 0. The van der Waals surface area contributed by atoms with Crippen LogP contribution in [0.3, 0.4) is 0 Å². The van der Waals surface area contributed by atoms with Crippen molar-refractivity contribution in [3.63, 3.8) is 0 Å². The van der Waals surface area contributed by atoms with Crippen LogP contribution in [-0.2, 0) is 16.1 Å². The summed E-state index contributed by atoms with van der Waals surface area (Å²) in [4.78, 5) is 10.9. The summed E-state index contributed by atoms with van der Waals surface area (Å²) in [5.41, 5.74) is 0.838. The van der Waals surface area contributed by atoms with Gasteiger partial charge in [0.15, 0.2) is 0 Å². The third-order valence-corrected chi connectivity index (χ3v) is 2.46. The number of halogens is 7. The molecule has 118 valence electrons. The minimum atomic E-state index is -6.57. The van der Waals surface area contributed by atoms with Gasteiger partial charge in [-0.1, -0.05) is 29.8 Å². The van der Waals surface area contributed by atoms with E-state index in [0.717, 1.165) is 0 Å². The first-order valence-corrected chi connectivity index (χ1v) is 5.44. The number of alkyl halides is 7. The highest BCUT2D eigenvalue weighted by Crippen LogP contribution is 2.47. The predicted molar refractivity (Wildman–Crippen MR) is 56.9 cm³/mol. The zero-order chi connectivity index (χ0) is 16.5. The molecule has 0 fully saturated rings. The molecular weight excluding hydrogens is 309 g/mol. The number of ether oxygens (including phenoxy) is 1. The molecule has 0 atom stereocenters. The van der Waals surface area contributed by atoms with E-state index in [-0.39, 0.29) is 5.56 Å². The largest absolute Gasteiger partial charge is 0.460 e. The van der Waals surface area contributed by atoms with Crippen molar-refractivity contribution >= 4 is 5.97 Å². The molecule has 21 heavy (non-hydrogen) atoms. The lowest BCUT2D eigenvalue weighted by Gasteiger charge is -2.26. The van der Waals surface area contributed by atoms with Gasteiger partial charge in [0.2, 0.25) is 0 Å². The van der Waals surface area contributed by atoms with E-state index in [4.69, 9.17) is 0 Å². The Balaban J connectivity index is 2.83. The summed E-state index contributed by atoms with van der Waals surface area (Å²) in [6.07, 6.45) is -6.57. The highest BCUT2D eigenvalue weighted by molar-refractivity contribution is 5.79. The summed E-state index contributed by atoms with van der Waals surface area (Å²) >= 11 is 0. The number of carbonyl (C=O) groups is 1. The van der Waals surface area contributed by atoms with Crippen LogP contribution in [0.5, 0.6) is 0 Å². The van der Waals surface area contributed by atoms with Crippen molar-refractivity contribution < 1.29 is 40.3 Å². The second kappa shape index (κ2) is 5.53. The lowest BCUT2D eigenvalue weighted by Crippen LogP contribution is -2.56. The van der Waals surface area contributed by atoms with Gasteiger partial charge < -0.3 is 4.74 Å². The molecule has 0 bridgehead atoms. The second-order valence-corrected chi connectivity index (χ2v) is 4.21. The zero-order valence-corrected chi connectivity index (χ0v) is 10.5. The maximum absolute atomic E-state index is 12.9. The van der Waals surface area contributed by atoms with Gasteiger partial charge in [0.1, 0.15) is 6.61 Å². The van der Waals surface area contributed by atoms with E-state index >= 15 is 0 Å². The summed E-state index contributed by atoms with van der Waals surface area (Å²) in [6, 6.07) is 5.83. The fourth-order valence-corrected chi connectivity index (χ4v) is 1.35. The van der Waals surface area contributed by atoms with E-state index in [9.17, 15) is 35.5 Å². The number of aryl methyl sites for hydroxylation is 1. The van der Waals surface area contributed by atoms with Gasteiger partial charge in [0.25, 0.3) is 0 Å². The van der Waals surface area contributed by atoms with Crippen molar-refractivity contribution in [2.75, 3.05) is 0 Å². The first kappa shape index (κ1) is 17.3. The minimum Gasteiger partial charge on any atom is -0.456 e. The van der Waals surface area contributed by atoms with Crippen LogP contribution in [0.4, 0.5) is 30.7 Å². The molecule has 0 aliphatic carbocycles. The molecule has 0 heterocycles. The van der Waals surface area contributed by atoms with Gasteiger partial charge >= 0.3 is 24.0 Å². The third-order valence-electron chi connectivity index (χ3n) is 2.46. The molecule has 0 aliphatic rings. The molecule has 1 rings (SSSR count). The Bertz CT molecular complexity index is 523. The standard InChI is InChI=1S/C12H9F7O2/c1-7-3-2-4-8(5-7)6-21-9(20)10(13,14)11(15,16)12(17,18)19/h2-5H,6H2,1H3. The maximum atomic E-state index is 12.9. The smallest absolute Gasteiger partial charge is 0.456 e. The highest BCUT2D eigenvalue weighted by Gasteiger charge is 2.77. The van der Waals surface area contributed by atoms with E-state index in [1.165, 1.54) is 18.2 Å². The molecule has 0 spiro atoms. The number of carbonyl (C=O) groups excluding carboxylic acids is 1. The van der Waals surface area contributed by atoms with Gasteiger partial charge in [-0.15, -0.1) is 0 Å². The number of hydrogen-bond acceptors (Lipinski definition) is 2. The van der Waals surface area contributed by atoms with Crippen LogP contribution in [-0.4, -0.2) is 24.0 Å². The molecule has 0 aromatic heterocycles. The molecule has 0 radical (unpaired) electrons. The molecule has 0 saturated heterocycles. The van der Waals surface area contributed by atoms with Crippen molar-refractivity contribution in [1.82, 2.24) is 0 Å². The summed E-state index contributed by atoms with van der Waals surface area (Å²) < 4.78 is 90.5. The fraction of sp³-hybridized carbons (Fsp3) is 0.417. The van der Waals surface area contributed by atoms with E-state index in [0.29, 0.717) is 5.56 Å². The van der Waals surface area contributed by atoms with Gasteiger partial charge in [-0.3, -0.25) is 0 Å². The van der Waals surface area contributed by atoms with Gasteiger partial charge in [-0.25, -0.2) is 4.79 Å². The van der Waals surface area contributed by atoms with Gasteiger partial charge in [0, 0.05) is 0 Å².